The minimum absolute atomic E-state index is 0.0754. The Morgan fingerprint density at radius 2 is 1.79 bits per heavy atom. The lowest BCUT2D eigenvalue weighted by atomic mass is 9.99. The van der Waals surface area contributed by atoms with Gasteiger partial charge in [0.2, 0.25) is 0 Å². The Morgan fingerprint density at radius 3 is 2.45 bits per heavy atom. The van der Waals surface area contributed by atoms with Gasteiger partial charge in [0.25, 0.3) is 0 Å². The van der Waals surface area contributed by atoms with Crippen molar-refractivity contribution in [2.75, 3.05) is 13.2 Å². The quantitative estimate of drug-likeness (QED) is 0.106. The topological polar surface area (TPSA) is 213 Å². The van der Waals surface area contributed by atoms with Crippen molar-refractivity contribution < 1.29 is 64.3 Å². The van der Waals surface area contributed by atoms with E-state index in [2.05, 4.69) is 0 Å². The summed E-state index contributed by atoms with van der Waals surface area (Å²) in [5, 5.41) is 69.1. The molecule has 0 radical (unpaired) electrons. The van der Waals surface area contributed by atoms with Crippen LogP contribution in [0.1, 0.15) is 12.5 Å². The molecule has 0 spiro atoms. The molecule has 13 heteroatoms. The third-order valence-electron chi connectivity index (χ3n) is 5.96. The fourth-order valence-corrected chi connectivity index (χ4v) is 3.70. The molecular formula is C25H30O13. The van der Waals surface area contributed by atoms with Crippen LogP contribution in [0.4, 0.5) is 0 Å². The molecule has 2 aliphatic heterocycles. The number of hydrogen-bond acceptors (Lipinski definition) is 13. The molecule has 13 nitrogen and oxygen atoms in total. The van der Waals surface area contributed by atoms with Gasteiger partial charge < -0.3 is 54.7 Å². The van der Waals surface area contributed by atoms with Gasteiger partial charge in [0, 0.05) is 6.08 Å². The summed E-state index contributed by atoms with van der Waals surface area (Å²) in [4.78, 5) is 24.2. The number of aliphatic hydroxyl groups excluding tert-OH is 6. The lowest BCUT2D eigenvalue weighted by Crippen LogP contribution is -2.59. The largest absolute Gasteiger partial charge is 0.508 e. The number of phenolic OH excluding ortho intramolecular Hbond substituents is 1. The molecule has 208 valence electrons. The van der Waals surface area contributed by atoms with E-state index in [0.29, 0.717) is 5.56 Å². The van der Waals surface area contributed by atoms with Crippen molar-refractivity contribution in [1.29, 1.82) is 0 Å². The third-order valence-corrected chi connectivity index (χ3v) is 5.96. The molecule has 0 saturated carbocycles. The highest BCUT2D eigenvalue weighted by atomic mass is 16.7. The Morgan fingerprint density at radius 1 is 1.11 bits per heavy atom. The summed E-state index contributed by atoms with van der Waals surface area (Å²) in [5.41, 5.74) is 0.462. The number of phenols is 1. The number of rotatable bonds is 9. The summed E-state index contributed by atoms with van der Waals surface area (Å²) >= 11 is 0. The van der Waals surface area contributed by atoms with E-state index in [4.69, 9.17) is 18.9 Å². The van der Waals surface area contributed by atoms with E-state index in [1.54, 1.807) is 12.1 Å². The highest BCUT2D eigenvalue weighted by Crippen LogP contribution is 2.27. The first-order chi connectivity index (χ1) is 18.0. The smallest absolute Gasteiger partial charge is 0.337 e. The average molecular weight is 539 g/mol. The first-order valence-corrected chi connectivity index (χ1v) is 11.6. The third kappa shape index (κ3) is 7.03. The van der Waals surface area contributed by atoms with Gasteiger partial charge in [-0.3, -0.25) is 0 Å². The van der Waals surface area contributed by atoms with Crippen LogP contribution >= 0.6 is 0 Å². The normalized spacial score (nSPS) is 32.0. The summed E-state index contributed by atoms with van der Waals surface area (Å²) < 4.78 is 20.5. The van der Waals surface area contributed by atoms with Gasteiger partial charge in [-0.1, -0.05) is 12.1 Å². The number of esters is 2. The molecule has 0 bridgehead atoms. The Bertz CT molecular complexity index is 1060. The van der Waals surface area contributed by atoms with Crippen molar-refractivity contribution in [2.24, 2.45) is 0 Å². The van der Waals surface area contributed by atoms with E-state index >= 15 is 0 Å². The van der Waals surface area contributed by atoms with E-state index in [0.717, 1.165) is 18.4 Å². The average Bonchev–Trinajstić information content (AvgIpc) is 3.19. The zero-order valence-corrected chi connectivity index (χ0v) is 20.2. The number of benzene rings is 1. The minimum Gasteiger partial charge on any atom is -0.508 e. The Kier molecular flexibility index (Phi) is 10.1. The second kappa shape index (κ2) is 13.1. The van der Waals surface area contributed by atoms with Crippen molar-refractivity contribution in [3.05, 3.63) is 59.4 Å². The molecule has 0 unspecified atom stereocenters. The van der Waals surface area contributed by atoms with Gasteiger partial charge >= 0.3 is 11.9 Å². The lowest BCUT2D eigenvalue weighted by molar-refractivity contribution is -0.298. The Balaban J connectivity index is 1.55. The SMILES string of the molecule is C/C(=C\OC(=O)/C=C/c1ccc(O)cc1)[C@H](O)[C@H]1OC(=O)/C(=C\CO[C@H]2O[C@@H](CO)[C@H](O)[C@@H](O)[C@@H]2O)[C@@H]1O. The lowest BCUT2D eigenvalue weighted by Gasteiger charge is -2.39. The first-order valence-electron chi connectivity index (χ1n) is 11.6. The molecule has 7 N–H and O–H groups in total. The van der Waals surface area contributed by atoms with Crippen LogP contribution in [0.2, 0.25) is 0 Å². The van der Waals surface area contributed by atoms with Crippen LogP contribution in [0.25, 0.3) is 6.08 Å². The minimum atomic E-state index is -1.65. The number of hydrogen-bond donors (Lipinski definition) is 7. The molecule has 2 saturated heterocycles. The number of aromatic hydroxyl groups is 1. The second-order valence-corrected chi connectivity index (χ2v) is 8.67. The highest BCUT2D eigenvalue weighted by Gasteiger charge is 2.45. The molecule has 3 rings (SSSR count). The summed E-state index contributed by atoms with van der Waals surface area (Å²) in [7, 11) is 0. The summed E-state index contributed by atoms with van der Waals surface area (Å²) in [6, 6.07) is 6.06. The molecule has 0 aliphatic carbocycles. The van der Waals surface area contributed by atoms with Gasteiger partial charge in [-0.15, -0.1) is 0 Å². The summed E-state index contributed by atoms with van der Waals surface area (Å²) in [6.07, 6.45) is -7.33. The predicted octanol–water partition coefficient (Wildman–Crippen LogP) is -1.76. The van der Waals surface area contributed by atoms with Crippen molar-refractivity contribution >= 4 is 18.0 Å². The van der Waals surface area contributed by atoms with Crippen molar-refractivity contribution in [1.82, 2.24) is 0 Å². The predicted molar refractivity (Wildman–Crippen MR) is 127 cm³/mol. The van der Waals surface area contributed by atoms with Crippen LogP contribution in [0.3, 0.4) is 0 Å². The molecular weight excluding hydrogens is 508 g/mol. The van der Waals surface area contributed by atoms with Gasteiger partial charge in [0.05, 0.1) is 25.0 Å². The number of aliphatic hydroxyl groups is 6. The molecule has 1 aromatic carbocycles. The maximum atomic E-state index is 12.2. The van der Waals surface area contributed by atoms with Crippen molar-refractivity contribution in [3.63, 3.8) is 0 Å². The van der Waals surface area contributed by atoms with Gasteiger partial charge in [0.1, 0.15) is 42.4 Å². The fourth-order valence-electron chi connectivity index (χ4n) is 3.70. The number of cyclic esters (lactones) is 1. The monoisotopic (exact) mass is 538 g/mol. The number of ether oxygens (including phenoxy) is 4. The van der Waals surface area contributed by atoms with E-state index < -0.39 is 74.2 Å². The van der Waals surface area contributed by atoms with Gasteiger partial charge in [-0.05, 0) is 42.3 Å². The van der Waals surface area contributed by atoms with E-state index in [1.807, 2.05) is 0 Å². The van der Waals surface area contributed by atoms with Crippen molar-refractivity contribution in [2.45, 2.75) is 55.9 Å². The Hall–Kier alpha value is -3.14. The molecule has 8 atom stereocenters. The van der Waals surface area contributed by atoms with Crippen LogP contribution in [0.5, 0.6) is 5.75 Å². The van der Waals surface area contributed by atoms with E-state index in [-0.39, 0.29) is 16.9 Å². The molecule has 38 heavy (non-hydrogen) atoms. The zero-order valence-electron chi connectivity index (χ0n) is 20.2. The standard InChI is InChI=1S/C25H30O13/c1-12(11-36-17(28)7-4-13-2-5-14(27)6-3-13)18(29)23-19(30)15(24(34)38-23)8-9-35-25-22(33)21(32)20(31)16(10-26)37-25/h2-8,11,16,18-23,25-27,29-33H,9-10H2,1H3/b7-4+,12-11+,15-8-/t16-,18-,19-,20-,21+,22-,23+,25-/m0/s1. The van der Waals surface area contributed by atoms with Gasteiger partial charge in [0.15, 0.2) is 12.4 Å². The van der Waals surface area contributed by atoms with Crippen LogP contribution in [-0.2, 0) is 28.5 Å². The first kappa shape index (κ1) is 29.4. The molecule has 0 amide bonds. The fraction of sp³-hybridized carbons (Fsp3) is 0.440. The van der Waals surface area contributed by atoms with E-state index in [1.165, 1.54) is 25.1 Å². The maximum absolute atomic E-state index is 12.2. The Labute approximate surface area is 217 Å². The highest BCUT2D eigenvalue weighted by molar-refractivity contribution is 5.92. The van der Waals surface area contributed by atoms with Crippen LogP contribution in [0.15, 0.2) is 53.8 Å². The second-order valence-electron chi connectivity index (χ2n) is 8.67. The summed E-state index contributed by atoms with van der Waals surface area (Å²) in [5.74, 6) is -1.63. The zero-order chi connectivity index (χ0) is 28.0. The molecule has 2 aliphatic rings. The van der Waals surface area contributed by atoms with Crippen LogP contribution < -0.4 is 0 Å². The number of carbonyl (C=O) groups excluding carboxylic acids is 2. The summed E-state index contributed by atoms with van der Waals surface area (Å²) in [6.45, 7) is 0.353. The molecule has 2 heterocycles. The number of carbonyl (C=O) groups is 2. The molecule has 2 fully saturated rings. The molecule has 0 aromatic heterocycles. The molecule has 1 aromatic rings. The van der Waals surface area contributed by atoms with Crippen molar-refractivity contribution in [3.8, 4) is 5.75 Å². The van der Waals surface area contributed by atoms with Gasteiger partial charge in [-0.2, -0.15) is 0 Å². The maximum Gasteiger partial charge on any atom is 0.337 e. The van der Waals surface area contributed by atoms with E-state index in [9.17, 15) is 45.3 Å². The van der Waals surface area contributed by atoms with Crippen LogP contribution in [-0.4, -0.2) is 110 Å². The van der Waals surface area contributed by atoms with Gasteiger partial charge in [-0.25, -0.2) is 9.59 Å². The van der Waals surface area contributed by atoms with Crippen LogP contribution in [0, 0.1) is 0 Å².